The van der Waals surface area contributed by atoms with Gasteiger partial charge in [0.1, 0.15) is 9.84 Å². The SMILES string of the molecule is CCC(CC)(CN)C(=O)NC1CCC(S(C)(=O)=O)CC1.Cl. The zero-order chi connectivity index (χ0) is 15.4. The highest BCUT2D eigenvalue weighted by Crippen LogP contribution is 2.28. The van der Waals surface area contributed by atoms with Crippen molar-refractivity contribution in [2.75, 3.05) is 12.8 Å². The van der Waals surface area contributed by atoms with E-state index in [0.717, 1.165) is 25.7 Å². The number of amides is 1. The first-order valence-corrected chi connectivity index (χ1v) is 9.44. The lowest BCUT2D eigenvalue weighted by molar-refractivity contribution is -0.132. The number of sulfone groups is 1. The van der Waals surface area contributed by atoms with Crippen molar-refractivity contribution in [2.24, 2.45) is 11.1 Å². The van der Waals surface area contributed by atoms with Gasteiger partial charge in [0, 0.05) is 18.8 Å². The largest absolute Gasteiger partial charge is 0.353 e. The Balaban J connectivity index is 0.00000400. The van der Waals surface area contributed by atoms with Gasteiger partial charge in [-0.3, -0.25) is 4.79 Å². The molecule has 0 atom stereocenters. The van der Waals surface area contributed by atoms with Crippen LogP contribution in [0, 0.1) is 5.41 Å². The van der Waals surface area contributed by atoms with Gasteiger partial charge in [0.2, 0.25) is 5.91 Å². The quantitative estimate of drug-likeness (QED) is 0.769. The molecule has 1 aliphatic carbocycles. The minimum atomic E-state index is -2.95. The molecule has 0 saturated heterocycles. The van der Waals surface area contributed by atoms with Gasteiger partial charge in [-0.05, 0) is 38.5 Å². The van der Waals surface area contributed by atoms with Gasteiger partial charge in [0.15, 0.2) is 0 Å². The second-order valence-electron chi connectivity index (χ2n) is 5.97. The Hall–Kier alpha value is -0.330. The Morgan fingerprint density at radius 1 is 1.19 bits per heavy atom. The van der Waals surface area contributed by atoms with E-state index in [1.807, 2.05) is 13.8 Å². The van der Waals surface area contributed by atoms with Crippen molar-refractivity contribution in [3.63, 3.8) is 0 Å². The van der Waals surface area contributed by atoms with Gasteiger partial charge in [-0.2, -0.15) is 0 Å². The summed E-state index contributed by atoms with van der Waals surface area (Å²) < 4.78 is 23.0. The van der Waals surface area contributed by atoms with E-state index in [9.17, 15) is 13.2 Å². The molecule has 7 heteroatoms. The third-order valence-electron chi connectivity index (χ3n) is 4.84. The van der Waals surface area contributed by atoms with Gasteiger partial charge in [-0.1, -0.05) is 13.8 Å². The molecule has 0 spiro atoms. The van der Waals surface area contributed by atoms with Crippen molar-refractivity contribution in [3.8, 4) is 0 Å². The molecule has 1 amide bonds. The Bertz CT molecular complexity index is 419. The average Bonchev–Trinajstić information content (AvgIpc) is 2.41. The van der Waals surface area contributed by atoms with E-state index >= 15 is 0 Å². The van der Waals surface area contributed by atoms with Gasteiger partial charge in [0.05, 0.1) is 10.7 Å². The molecule has 5 nitrogen and oxygen atoms in total. The minimum Gasteiger partial charge on any atom is -0.353 e. The van der Waals surface area contributed by atoms with Crippen LogP contribution in [0.15, 0.2) is 0 Å². The van der Waals surface area contributed by atoms with Crippen LogP contribution >= 0.6 is 12.4 Å². The number of hydrogen-bond acceptors (Lipinski definition) is 4. The van der Waals surface area contributed by atoms with Crippen molar-refractivity contribution in [1.29, 1.82) is 0 Å². The normalized spacial score (nSPS) is 23.2. The molecule has 0 aromatic rings. The number of halogens is 1. The summed E-state index contributed by atoms with van der Waals surface area (Å²) >= 11 is 0. The summed E-state index contributed by atoms with van der Waals surface area (Å²) in [5.74, 6) is 0.0211. The molecular weight excluding hydrogens is 312 g/mol. The summed E-state index contributed by atoms with van der Waals surface area (Å²) in [6.45, 7) is 4.32. The van der Waals surface area contributed by atoms with E-state index in [2.05, 4.69) is 5.32 Å². The molecular formula is C14H29ClN2O3S. The predicted octanol–water partition coefficient (Wildman–Crippen LogP) is 1.65. The summed E-state index contributed by atoms with van der Waals surface area (Å²) in [6, 6.07) is 0.0875. The smallest absolute Gasteiger partial charge is 0.227 e. The first-order valence-electron chi connectivity index (χ1n) is 7.49. The Morgan fingerprint density at radius 3 is 2.00 bits per heavy atom. The standard InChI is InChI=1S/C14H28N2O3S.ClH/c1-4-14(5-2,10-15)13(17)16-11-6-8-12(9-7-11)20(3,18)19;/h11-12H,4-10,15H2,1-3H3,(H,16,17);1H. The first kappa shape index (κ1) is 20.7. The monoisotopic (exact) mass is 340 g/mol. The van der Waals surface area contributed by atoms with E-state index < -0.39 is 15.3 Å². The average molecular weight is 341 g/mol. The van der Waals surface area contributed by atoms with Gasteiger partial charge >= 0.3 is 0 Å². The molecule has 1 rings (SSSR count). The molecule has 1 saturated carbocycles. The maximum absolute atomic E-state index is 12.4. The molecule has 0 unspecified atom stereocenters. The fraction of sp³-hybridized carbons (Fsp3) is 0.929. The van der Waals surface area contributed by atoms with E-state index in [0.29, 0.717) is 19.4 Å². The molecule has 0 heterocycles. The summed E-state index contributed by atoms with van der Waals surface area (Å²) in [5.41, 5.74) is 5.30. The second-order valence-corrected chi connectivity index (χ2v) is 8.29. The van der Waals surface area contributed by atoms with Crippen LogP contribution in [-0.4, -0.2) is 38.4 Å². The fourth-order valence-electron chi connectivity index (χ4n) is 2.93. The van der Waals surface area contributed by atoms with Crippen LogP contribution in [0.2, 0.25) is 0 Å². The van der Waals surface area contributed by atoms with Crippen molar-refractivity contribution in [2.45, 2.75) is 63.7 Å². The van der Waals surface area contributed by atoms with Crippen LogP contribution in [0.4, 0.5) is 0 Å². The van der Waals surface area contributed by atoms with Crippen molar-refractivity contribution in [1.82, 2.24) is 5.32 Å². The Morgan fingerprint density at radius 2 is 1.67 bits per heavy atom. The fourth-order valence-corrected chi connectivity index (χ4v) is 4.05. The number of carbonyl (C=O) groups excluding carboxylic acids is 1. The van der Waals surface area contributed by atoms with Gasteiger partial charge in [-0.15, -0.1) is 12.4 Å². The number of hydrogen-bond donors (Lipinski definition) is 2. The van der Waals surface area contributed by atoms with E-state index in [1.165, 1.54) is 6.26 Å². The van der Waals surface area contributed by atoms with Crippen LogP contribution in [0.25, 0.3) is 0 Å². The summed E-state index contributed by atoms with van der Waals surface area (Å²) in [7, 11) is -2.95. The third kappa shape index (κ3) is 5.11. The topological polar surface area (TPSA) is 89.3 Å². The molecule has 1 aliphatic rings. The van der Waals surface area contributed by atoms with Gasteiger partial charge < -0.3 is 11.1 Å². The Kier molecular flexibility index (Phi) is 8.21. The molecule has 1 fully saturated rings. The van der Waals surface area contributed by atoms with E-state index in [-0.39, 0.29) is 29.6 Å². The first-order chi connectivity index (χ1) is 9.29. The highest BCUT2D eigenvalue weighted by atomic mass is 35.5. The van der Waals surface area contributed by atoms with Crippen molar-refractivity contribution < 1.29 is 13.2 Å². The van der Waals surface area contributed by atoms with Crippen molar-refractivity contribution >= 4 is 28.2 Å². The Labute approximate surface area is 134 Å². The summed E-state index contributed by atoms with van der Waals surface area (Å²) in [4.78, 5) is 12.4. The second kappa shape index (κ2) is 8.34. The number of nitrogens with one attached hydrogen (secondary N) is 1. The molecule has 0 bridgehead atoms. The predicted molar refractivity (Wildman–Crippen MR) is 88.3 cm³/mol. The van der Waals surface area contributed by atoms with Gasteiger partial charge in [-0.25, -0.2) is 8.42 Å². The molecule has 0 aliphatic heterocycles. The van der Waals surface area contributed by atoms with Crippen LogP contribution in [-0.2, 0) is 14.6 Å². The summed E-state index contributed by atoms with van der Waals surface area (Å²) in [6.07, 6.45) is 5.49. The number of rotatable bonds is 6. The maximum atomic E-state index is 12.4. The molecule has 0 radical (unpaired) electrons. The highest BCUT2D eigenvalue weighted by molar-refractivity contribution is 7.91. The molecule has 0 aromatic carbocycles. The number of carbonyl (C=O) groups is 1. The zero-order valence-electron chi connectivity index (χ0n) is 13.2. The maximum Gasteiger partial charge on any atom is 0.227 e. The minimum absolute atomic E-state index is 0. The molecule has 0 aromatic heterocycles. The lowest BCUT2D eigenvalue weighted by Gasteiger charge is -2.33. The van der Waals surface area contributed by atoms with Crippen LogP contribution in [0.1, 0.15) is 52.4 Å². The lowest BCUT2D eigenvalue weighted by Crippen LogP contribution is -2.50. The molecule has 21 heavy (non-hydrogen) atoms. The highest BCUT2D eigenvalue weighted by Gasteiger charge is 2.36. The summed E-state index contributed by atoms with van der Waals surface area (Å²) in [5, 5.41) is 2.83. The lowest BCUT2D eigenvalue weighted by atomic mass is 9.81. The van der Waals surface area contributed by atoms with Crippen LogP contribution in [0.3, 0.4) is 0 Å². The van der Waals surface area contributed by atoms with Gasteiger partial charge in [0.25, 0.3) is 0 Å². The zero-order valence-corrected chi connectivity index (χ0v) is 14.9. The molecule has 126 valence electrons. The van der Waals surface area contributed by atoms with Crippen LogP contribution < -0.4 is 11.1 Å². The van der Waals surface area contributed by atoms with Crippen LogP contribution in [0.5, 0.6) is 0 Å². The number of nitrogens with two attached hydrogens (primary N) is 1. The van der Waals surface area contributed by atoms with Crippen molar-refractivity contribution in [3.05, 3.63) is 0 Å². The van der Waals surface area contributed by atoms with E-state index in [4.69, 9.17) is 5.73 Å². The van der Waals surface area contributed by atoms with E-state index in [1.54, 1.807) is 0 Å². The molecule has 3 N–H and O–H groups in total. The third-order valence-corrected chi connectivity index (χ3v) is 6.52.